The molecule has 1 fully saturated rings. The third-order valence-electron chi connectivity index (χ3n) is 4.98. The van der Waals surface area contributed by atoms with E-state index in [1.54, 1.807) is 24.3 Å². The minimum absolute atomic E-state index is 0. The molecule has 146 valence electrons. The SMILES string of the molecule is CCCN(CCC)C(=O)c1cccc(C(=O)NC2(CN)CCCC2)c1.Cl. The Labute approximate surface area is 163 Å². The Morgan fingerprint density at radius 3 is 2.23 bits per heavy atom. The lowest BCUT2D eigenvalue weighted by Crippen LogP contribution is -2.51. The van der Waals surface area contributed by atoms with Gasteiger partial charge in [0, 0.05) is 30.8 Å². The van der Waals surface area contributed by atoms with Gasteiger partial charge < -0.3 is 16.0 Å². The van der Waals surface area contributed by atoms with E-state index in [0.717, 1.165) is 51.6 Å². The summed E-state index contributed by atoms with van der Waals surface area (Å²) >= 11 is 0. The molecule has 3 N–H and O–H groups in total. The summed E-state index contributed by atoms with van der Waals surface area (Å²) in [5.74, 6) is -0.146. The molecule has 26 heavy (non-hydrogen) atoms. The molecule has 0 unspecified atom stereocenters. The highest BCUT2D eigenvalue weighted by Gasteiger charge is 2.34. The number of nitrogens with zero attached hydrogens (tertiary/aromatic N) is 1. The van der Waals surface area contributed by atoms with Gasteiger partial charge in [-0.25, -0.2) is 0 Å². The van der Waals surface area contributed by atoms with Crippen LogP contribution >= 0.6 is 12.4 Å². The first-order valence-electron chi connectivity index (χ1n) is 9.47. The summed E-state index contributed by atoms with van der Waals surface area (Å²) in [5, 5.41) is 3.12. The second-order valence-corrected chi connectivity index (χ2v) is 7.02. The van der Waals surface area contributed by atoms with Crippen LogP contribution in [-0.4, -0.2) is 41.9 Å². The Bertz CT molecular complexity index is 594. The van der Waals surface area contributed by atoms with Crippen molar-refractivity contribution in [3.8, 4) is 0 Å². The predicted molar refractivity (Wildman–Crippen MR) is 108 cm³/mol. The topological polar surface area (TPSA) is 75.4 Å². The normalized spacial score (nSPS) is 15.2. The minimum Gasteiger partial charge on any atom is -0.345 e. The fourth-order valence-electron chi connectivity index (χ4n) is 3.58. The molecule has 1 aliphatic carbocycles. The number of hydrogen-bond donors (Lipinski definition) is 2. The Morgan fingerprint density at radius 1 is 1.12 bits per heavy atom. The fourth-order valence-corrected chi connectivity index (χ4v) is 3.58. The molecule has 6 heteroatoms. The number of halogens is 1. The van der Waals surface area contributed by atoms with Crippen molar-refractivity contribution < 1.29 is 9.59 Å². The lowest BCUT2D eigenvalue weighted by Gasteiger charge is -2.28. The number of carbonyl (C=O) groups excluding carboxylic acids is 2. The number of benzene rings is 1. The number of amides is 2. The molecule has 0 bridgehead atoms. The van der Waals surface area contributed by atoms with Crippen LogP contribution in [0, 0.1) is 0 Å². The number of rotatable bonds is 8. The molecule has 0 aliphatic heterocycles. The number of hydrogen-bond acceptors (Lipinski definition) is 3. The molecule has 2 amide bonds. The van der Waals surface area contributed by atoms with Crippen molar-refractivity contribution in [3.05, 3.63) is 35.4 Å². The zero-order chi connectivity index (χ0) is 18.3. The number of carbonyl (C=O) groups is 2. The van der Waals surface area contributed by atoms with Crippen LogP contribution in [-0.2, 0) is 0 Å². The zero-order valence-corrected chi connectivity index (χ0v) is 16.7. The van der Waals surface area contributed by atoms with E-state index in [0.29, 0.717) is 17.7 Å². The first-order valence-corrected chi connectivity index (χ1v) is 9.47. The Hall–Kier alpha value is -1.59. The van der Waals surface area contributed by atoms with Crippen LogP contribution in [0.2, 0.25) is 0 Å². The van der Waals surface area contributed by atoms with Crippen molar-refractivity contribution >= 4 is 24.2 Å². The molecule has 0 heterocycles. The van der Waals surface area contributed by atoms with Crippen molar-refractivity contribution in [2.75, 3.05) is 19.6 Å². The average molecular weight is 382 g/mol. The van der Waals surface area contributed by atoms with E-state index < -0.39 is 0 Å². The smallest absolute Gasteiger partial charge is 0.253 e. The monoisotopic (exact) mass is 381 g/mol. The summed E-state index contributed by atoms with van der Waals surface area (Å²) in [7, 11) is 0. The maximum atomic E-state index is 12.7. The van der Waals surface area contributed by atoms with E-state index in [1.165, 1.54) is 0 Å². The molecule has 5 nitrogen and oxygen atoms in total. The molecule has 1 aliphatic rings. The maximum Gasteiger partial charge on any atom is 0.253 e. The van der Waals surface area contributed by atoms with E-state index in [-0.39, 0.29) is 29.8 Å². The second kappa shape index (κ2) is 10.5. The average Bonchev–Trinajstić information content (AvgIpc) is 3.10. The lowest BCUT2D eigenvalue weighted by atomic mass is 9.97. The number of nitrogens with one attached hydrogen (secondary N) is 1. The molecule has 0 aromatic heterocycles. The van der Waals surface area contributed by atoms with Crippen molar-refractivity contribution in [3.63, 3.8) is 0 Å². The molecule has 0 radical (unpaired) electrons. The van der Waals surface area contributed by atoms with Crippen LogP contribution in [0.1, 0.15) is 73.1 Å². The van der Waals surface area contributed by atoms with E-state index in [9.17, 15) is 9.59 Å². The van der Waals surface area contributed by atoms with Gasteiger partial charge in [0.25, 0.3) is 11.8 Å². The van der Waals surface area contributed by atoms with Crippen molar-refractivity contribution in [2.45, 2.75) is 57.9 Å². The van der Waals surface area contributed by atoms with Crippen molar-refractivity contribution in [2.24, 2.45) is 5.73 Å². The maximum absolute atomic E-state index is 12.7. The highest BCUT2D eigenvalue weighted by atomic mass is 35.5. The van der Waals surface area contributed by atoms with Crippen molar-refractivity contribution in [1.29, 1.82) is 0 Å². The van der Waals surface area contributed by atoms with Gasteiger partial charge in [-0.3, -0.25) is 9.59 Å². The fraction of sp³-hybridized carbons (Fsp3) is 0.600. The molecule has 1 saturated carbocycles. The summed E-state index contributed by atoms with van der Waals surface area (Å²) in [5.41, 5.74) is 6.72. The predicted octanol–water partition coefficient (Wildman–Crippen LogP) is 3.37. The van der Waals surface area contributed by atoms with Gasteiger partial charge in [-0.2, -0.15) is 0 Å². The summed E-state index contributed by atoms with van der Waals surface area (Å²) in [6.07, 6.45) is 5.89. The van der Waals surface area contributed by atoms with E-state index >= 15 is 0 Å². The first-order chi connectivity index (χ1) is 12.0. The minimum atomic E-state index is -0.284. The highest BCUT2D eigenvalue weighted by Crippen LogP contribution is 2.29. The summed E-state index contributed by atoms with van der Waals surface area (Å²) in [4.78, 5) is 27.3. The van der Waals surface area contributed by atoms with Gasteiger partial charge in [-0.05, 0) is 43.9 Å². The van der Waals surface area contributed by atoms with Crippen LogP contribution < -0.4 is 11.1 Å². The Morgan fingerprint density at radius 2 is 1.69 bits per heavy atom. The quantitative estimate of drug-likeness (QED) is 0.724. The van der Waals surface area contributed by atoms with Gasteiger partial charge >= 0.3 is 0 Å². The van der Waals surface area contributed by atoms with E-state index in [2.05, 4.69) is 19.2 Å². The van der Waals surface area contributed by atoms with E-state index in [1.807, 2.05) is 4.90 Å². The lowest BCUT2D eigenvalue weighted by molar-refractivity contribution is 0.0755. The van der Waals surface area contributed by atoms with Gasteiger partial charge in [0.05, 0.1) is 5.54 Å². The molecule has 0 spiro atoms. The summed E-state index contributed by atoms with van der Waals surface area (Å²) in [6.45, 7) is 6.05. The molecule has 2 rings (SSSR count). The Balaban J connectivity index is 0.00000338. The highest BCUT2D eigenvalue weighted by molar-refractivity contribution is 6.00. The molecule has 0 atom stereocenters. The summed E-state index contributed by atoms with van der Waals surface area (Å²) < 4.78 is 0. The zero-order valence-electron chi connectivity index (χ0n) is 15.9. The van der Waals surface area contributed by atoms with Crippen LogP contribution in [0.5, 0.6) is 0 Å². The van der Waals surface area contributed by atoms with Gasteiger partial charge in [0.15, 0.2) is 0 Å². The Kier molecular flexibility index (Phi) is 9.09. The van der Waals surface area contributed by atoms with Crippen LogP contribution in [0.3, 0.4) is 0 Å². The van der Waals surface area contributed by atoms with Crippen LogP contribution in [0.15, 0.2) is 24.3 Å². The largest absolute Gasteiger partial charge is 0.345 e. The van der Waals surface area contributed by atoms with Gasteiger partial charge in [0.2, 0.25) is 0 Å². The molecular formula is C20H32ClN3O2. The van der Waals surface area contributed by atoms with Crippen LogP contribution in [0.4, 0.5) is 0 Å². The van der Waals surface area contributed by atoms with Crippen LogP contribution in [0.25, 0.3) is 0 Å². The standard InChI is InChI=1S/C20H31N3O2.ClH/c1-3-12-23(13-4-2)19(25)17-9-7-8-16(14-17)18(24)22-20(15-21)10-5-6-11-20;/h7-9,14H,3-6,10-13,15,21H2,1-2H3,(H,22,24);1H. The molecular weight excluding hydrogens is 350 g/mol. The third-order valence-corrected chi connectivity index (χ3v) is 4.98. The van der Waals surface area contributed by atoms with Gasteiger partial charge in [-0.1, -0.05) is 32.8 Å². The third kappa shape index (κ3) is 5.45. The number of nitrogens with two attached hydrogens (primary N) is 1. The molecule has 1 aromatic rings. The first kappa shape index (κ1) is 22.5. The van der Waals surface area contributed by atoms with Crippen molar-refractivity contribution in [1.82, 2.24) is 10.2 Å². The molecule has 0 saturated heterocycles. The second-order valence-electron chi connectivity index (χ2n) is 7.02. The molecule has 1 aromatic carbocycles. The van der Waals surface area contributed by atoms with Gasteiger partial charge in [-0.15, -0.1) is 12.4 Å². The van der Waals surface area contributed by atoms with Gasteiger partial charge in [0.1, 0.15) is 0 Å². The van der Waals surface area contributed by atoms with E-state index in [4.69, 9.17) is 5.73 Å². The summed E-state index contributed by atoms with van der Waals surface area (Å²) in [6, 6.07) is 7.03.